The van der Waals surface area contributed by atoms with Crippen LogP contribution in [-0.2, 0) is 6.61 Å². The predicted octanol–water partition coefficient (Wildman–Crippen LogP) is 4.61. The number of rotatable bonds is 5. The van der Waals surface area contributed by atoms with Crippen molar-refractivity contribution in [3.63, 3.8) is 0 Å². The number of halogens is 2. The molecular formula is C18H13Cl2N3O2. The second kappa shape index (κ2) is 7.96. The zero-order valence-corrected chi connectivity index (χ0v) is 14.5. The van der Waals surface area contributed by atoms with Crippen LogP contribution in [0.2, 0.25) is 10.0 Å². The van der Waals surface area contributed by atoms with Crippen LogP contribution < -0.4 is 10.1 Å². The summed E-state index contributed by atoms with van der Waals surface area (Å²) in [6, 6.07) is 13.7. The van der Waals surface area contributed by atoms with Crippen molar-refractivity contribution in [1.29, 1.82) is 0 Å². The lowest BCUT2D eigenvalue weighted by molar-refractivity contribution is 0.102. The molecule has 3 aromatic rings. The molecule has 2 aromatic carbocycles. The van der Waals surface area contributed by atoms with Crippen LogP contribution in [0.15, 0.2) is 60.9 Å². The SMILES string of the molecule is O=C(Nc1ncccn1)c1cccc(COc2cc(Cl)ccc2Cl)c1. The van der Waals surface area contributed by atoms with E-state index in [1.54, 1.807) is 54.9 Å². The lowest BCUT2D eigenvalue weighted by Crippen LogP contribution is -2.14. The van der Waals surface area contributed by atoms with Crippen molar-refractivity contribution < 1.29 is 9.53 Å². The summed E-state index contributed by atoms with van der Waals surface area (Å²) in [4.78, 5) is 20.2. The molecule has 0 atom stereocenters. The van der Waals surface area contributed by atoms with Crippen molar-refractivity contribution in [2.75, 3.05) is 5.32 Å². The van der Waals surface area contributed by atoms with Crippen LogP contribution in [0.25, 0.3) is 0 Å². The van der Waals surface area contributed by atoms with Crippen LogP contribution in [0.4, 0.5) is 5.95 Å². The van der Waals surface area contributed by atoms with Gasteiger partial charge in [-0.1, -0.05) is 35.3 Å². The first kappa shape index (κ1) is 17.2. The number of aromatic nitrogens is 2. The van der Waals surface area contributed by atoms with E-state index in [2.05, 4.69) is 15.3 Å². The van der Waals surface area contributed by atoms with Gasteiger partial charge in [0, 0.05) is 29.0 Å². The van der Waals surface area contributed by atoms with E-state index in [9.17, 15) is 4.79 Å². The maximum absolute atomic E-state index is 12.3. The Morgan fingerprint density at radius 2 is 1.84 bits per heavy atom. The number of anilines is 1. The first-order valence-electron chi connectivity index (χ1n) is 7.37. The molecule has 0 aliphatic carbocycles. The average Bonchev–Trinajstić information content (AvgIpc) is 2.63. The van der Waals surface area contributed by atoms with E-state index in [-0.39, 0.29) is 18.5 Å². The summed E-state index contributed by atoms with van der Waals surface area (Å²) in [5.74, 6) is 0.440. The first-order valence-corrected chi connectivity index (χ1v) is 8.12. The Bertz CT molecular complexity index is 888. The maximum atomic E-state index is 12.3. The van der Waals surface area contributed by atoms with Gasteiger partial charge >= 0.3 is 0 Å². The molecule has 0 fully saturated rings. The largest absolute Gasteiger partial charge is 0.487 e. The number of amides is 1. The van der Waals surface area contributed by atoms with Crippen molar-refractivity contribution in [1.82, 2.24) is 9.97 Å². The van der Waals surface area contributed by atoms with Gasteiger partial charge in [0.2, 0.25) is 5.95 Å². The smallest absolute Gasteiger partial charge is 0.258 e. The van der Waals surface area contributed by atoms with Crippen molar-refractivity contribution >= 4 is 35.1 Å². The third-order valence-corrected chi connectivity index (χ3v) is 3.82. The number of carbonyl (C=O) groups is 1. The summed E-state index contributed by atoms with van der Waals surface area (Å²) in [5.41, 5.74) is 1.29. The van der Waals surface area contributed by atoms with Gasteiger partial charge < -0.3 is 4.74 Å². The van der Waals surface area contributed by atoms with Crippen molar-refractivity contribution in [3.05, 3.63) is 82.1 Å². The summed E-state index contributed by atoms with van der Waals surface area (Å²) in [7, 11) is 0. The van der Waals surface area contributed by atoms with E-state index in [4.69, 9.17) is 27.9 Å². The lowest BCUT2D eigenvalue weighted by Gasteiger charge is -2.09. The molecule has 0 aliphatic heterocycles. The minimum atomic E-state index is -0.297. The van der Waals surface area contributed by atoms with Crippen LogP contribution in [0.1, 0.15) is 15.9 Å². The van der Waals surface area contributed by atoms with Gasteiger partial charge in [0.1, 0.15) is 12.4 Å². The predicted molar refractivity (Wildman–Crippen MR) is 97.2 cm³/mol. The number of benzene rings is 2. The Kier molecular flexibility index (Phi) is 5.48. The molecule has 126 valence electrons. The monoisotopic (exact) mass is 373 g/mol. The molecule has 0 radical (unpaired) electrons. The molecule has 0 spiro atoms. The topological polar surface area (TPSA) is 64.1 Å². The van der Waals surface area contributed by atoms with Gasteiger partial charge in [0.15, 0.2) is 0 Å². The molecule has 0 saturated carbocycles. The van der Waals surface area contributed by atoms with E-state index in [1.165, 1.54) is 0 Å². The third kappa shape index (κ3) is 4.68. The molecular weight excluding hydrogens is 361 g/mol. The molecule has 1 N–H and O–H groups in total. The van der Waals surface area contributed by atoms with Crippen molar-refractivity contribution in [2.45, 2.75) is 6.61 Å². The molecule has 1 heterocycles. The molecule has 1 amide bonds. The van der Waals surface area contributed by atoms with Crippen molar-refractivity contribution in [3.8, 4) is 5.75 Å². The second-order valence-corrected chi connectivity index (χ2v) is 5.93. The van der Waals surface area contributed by atoms with Crippen LogP contribution in [0.5, 0.6) is 5.75 Å². The number of nitrogens with one attached hydrogen (secondary N) is 1. The minimum absolute atomic E-state index is 0.250. The highest BCUT2D eigenvalue weighted by Gasteiger charge is 2.09. The molecule has 3 rings (SSSR count). The number of nitrogens with zero attached hydrogens (tertiary/aromatic N) is 2. The summed E-state index contributed by atoms with van der Waals surface area (Å²) < 4.78 is 5.68. The number of ether oxygens (including phenoxy) is 1. The molecule has 0 unspecified atom stereocenters. The fourth-order valence-corrected chi connectivity index (χ4v) is 2.42. The molecule has 25 heavy (non-hydrogen) atoms. The number of hydrogen-bond acceptors (Lipinski definition) is 4. The van der Waals surface area contributed by atoms with Gasteiger partial charge in [-0.3, -0.25) is 10.1 Å². The van der Waals surface area contributed by atoms with Gasteiger partial charge in [-0.2, -0.15) is 0 Å². The zero-order chi connectivity index (χ0) is 17.6. The average molecular weight is 374 g/mol. The molecule has 0 saturated heterocycles. The van der Waals surface area contributed by atoms with Crippen LogP contribution in [0.3, 0.4) is 0 Å². The fourth-order valence-electron chi connectivity index (χ4n) is 2.09. The Morgan fingerprint density at radius 3 is 2.64 bits per heavy atom. The van der Waals surface area contributed by atoms with Gasteiger partial charge in [0.05, 0.1) is 5.02 Å². The standard InChI is InChI=1S/C18H13Cl2N3O2/c19-14-5-6-15(20)16(10-14)25-11-12-3-1-4-13(9-12)17(24)23-18-21-7-2-8-22-18/h1-10H,11H2,(H,21,22,23,24). The highest BCUT2D eigenvalue weighted by Crippen LogP contribution is 2.28. The third-order valence-electron chi connectivity index (χ3n) is 3.27. The second-order valence-electron chi connectivity index (χ2n) is 5.09. The first-order chi connectivity index (χ1) is 12.1. The molecule has 0 aliphatic rings. The van der Waals surface area contributed by atoms with Gasteiger partial charge in [-0.25, -0.2) is 9.97 Å². The van der Waals surface area contributed by atoms with E-state index in [0.717, 1.165) is 5.56 Å². The summed E-state index contributed by atoms with van der Waals surface area (Å²) >= 11 is 12.0. The minimum Gasteiger partial charge on any atom is -0.487 e. The van der Waals surface area contributed by atoms with E-state index >= 15 is 0 Å². The van der Waals surface area contributed by atoms with E-state index in [1.807, 2.05) is 6.07 Å². The molecule has 7 heteroatoms. The zero-order valence-electron chi connectivity index (χ0n) is 12.9. The van der Waals surface area contributed by atoms with E-state index < -0.39 is 0 Å². The van der Waals surface area contributed by atoms with Gasteiger partial charge in [-0.05, 0) is 35.9 Å². The summed E-state index contributed by atoms with van der Waals surface area (Å²) in [5, 5.41) is 3.64. The molecule has 5 nitrogen and oxygen atoms in total. The molecule has 1 aromatic heterocycles. The van der Waals surface area contributed by atoms with Crippen LogP contribution >= 0.6 is 23.2 Å². The highest BCUT2D eigenvalue weighted by atomic mass is 35.5. The number of carbonyl (C=O) groups excluding carboxylic acids is 1. The van der Waals surface area contributed by atoms with Crippen LogP contribution in [0, 0.1) is 0 Å². The molecule has 0 bridgehead atoms. The number of hydrogen-bond donors (Lipinski definition) is 1. The summed E-state index contributed by atoms with van der Waals surface area (Å²) in [6.45, 7) is 0.253. The van der Waals surface area contributed by atoms with Crippen LogP contribution in [-0.4, -0.2) is 15.9 Å². The highest BCUT2D eigenvalue weighted by molar-refractivity contribution is 6.34. The Labute approximate surface area is 154 Å². The Balaban J connectivity index is 1.69. The summed E-state index contributed by atoms with van der Waals surface area (Å²) in [6.07, 6.45) is 3.11. The Hall–Kier alpha value is -2.63. The van der Waals surface area contributed by atoms with E-state index in [0.29, 0.717) is 21.4 Å². The normalized spacial score (nSPS) is 10.3. The van der Waals surface area contributed by atoms with Crippen molar-refractivity contribution in [2.24, 2.45) is 0 Å². The quantitative estimate of drug-likeness (QED) is 0.708. The maximum Gasteiger partial charge on any atom is 0.258 e. The fraction of sp³-hybridized carbons (Fsp3) is 0.0556. The lowest BCUT2D eigenvalue weighted by atomic mass is 10.1. The van der Waals surface area contributed by atoms with Gasteiger partial charge in [0.25, 0.3) is 5.91 Å². The Morgan fingerprint density at radius 1 is 1.04 bits per heavy atom. The van der Waals surface area contributed by atoms with Gasteiger partial charge in [-0.15, -0.1) is 0 Å².